The Labute approximate surface area is 124 Å². The predicted molar refractivity (Wildman–Crippen MR) is 72.1 cm³/mol. The highest BCUT2D eigenvalue weighted by molar-refractivity contribution is 6.21. The van der Waals surface area contributed by atoms with Crippen LogP contribution in [0.1, 0.15) is 31.1 Å². The second-order valence-corrected chi connectivity index (χ2v) is 4.55. The molecular weight excluding hydrogens is 290 g/mol. The van der Waals surface area contributed by atoms with Crippen LogP contribution in [0.5, 0.6) is 5.88 Å². The number of carbonyl (C=O) groups is 3. The molecule has 0 saturated heterocycles. The largest absolute Gasteiger partial charge is 0.479 e. The molecule has 0 aliphatic carbocycles. The van der Waals surface area contributed by atoms with Crippen molar-refractivity contribution in [2.24, 2.45) is 7.05 Å². The third-order valence-corrected chi connectivity index (χ3v) is 3.14. The van der Waals surface area contributed by atoms with Crippen LogP contribution in [0.3, 0.4) is 0 Å². The summed E-state index contributed by atoms with van der Waals surface area (Å²) in [5, 5.41) is 4.35. The molecule has 2 heterocycles. The topological polar surface area (TPSA) is 90.7 Å². The van der Waals surface area contributed by atoms with E-state index < -0.39 is 17.8 Å². The lowest BCUT2D eigenvalue weighted by Crippen LogP contribution is -2.32. The van der Waals surface area contributed by atoms with Gasteiger partial charge in [0.25, 0.3) is 11.8 Å². The van der Waals surface area contributed by atoms with Crippen LogP contribution in [0, 0.1) is 0 Å². The molecule has 0 N–H and O–H groups in total. The molecule has 0 saturated carbocycles. The summed E-state index contributed by atoms with van der Waals surface area (Å²) in [7, 11) is 2.95. The molecule has 3 rings (SSSR count). The smallest absolute Gasteiger partial charge is 0.371 e. The van der Waals surface area contributed by atoms with Crippen LogP contribution in [0.4, 0.5) is 0 Å². The van der Waals surface area contributed by atoms with Crippen LogP contribution in [-0.4, -0.2) is 39.7 Å². The lowest BCUT2D eigenvalue weighted by molar-refractivity contribution is -0.0586. The summed E-state index contributed by atoms with van der Waals surface area (Å²) in [6, 6.07) is 6.24. The summed E-state index contributed by atoms with van der Waals surface area (Å²) in [6.45, 7) is 0. The Hall–Kier alpha value is -3.16. The van der Waals surface area contributed by atoms with E-state index in [4.69, 9.17) is 9.57 Å². The van der Waals surface area contributed by atoms with Crippen LogP contribution in [-0.2, 0) is 11.9 Å². The van der Waals surface area contributed by atoms with Crippen LogP contribution < -0.4 is 4.74 Å². The minimum absolute atomic E-state index is 0.0153. The van der Waals surface area contributed by atoms with Gasteiger partial charge in [0.05, 0.1) is 18.2 Å². The first-order valence-electron chi connectivity index (χ1n) is 6.30. The van der Waals surface area contributed by atoms with Crippen molar-refractivity contribution in [1.29, 1.82) is 0 Å². The van der Waals surface area contributed by atoms with Crippen molar-refractivity contribution in [2.45, 2.75) is 0 Å². The Kier molecular flexibility index (Phi) is 3.13. The number of amides is 2. The van der Waals surface area contributed by atoms with E-state index >= 15 is 0 Å². The highest BCUT2D eigenvalue weighted by Gasteiger charge is 2.39. The van der Waals surface area contributed by atoms with Crippen LogP contribution in [0.25, 0.3) is 0 Å². The van der Waals surface area contributed by atoms with E-state index in [1.807, 2.05) is 0 Å². The Morgan fingerprint density at radius 2 is 1.73 bits per heavy atom. The normalized spacial score (nSPS) is 13.3. The number of ether oxygens (including phenoxy) is 1. The number of aromatic nitrogens is 2. The van der Waals surface area contributed by atoms with Crippen molar-refractivity contribution in [1.82, 2.24) is 14.8 Å². The predicted octanol–water partition coefficient (Wildman–Crippen LogP) is 0.797. The fraction of sp³-hybridized carbons (Fsp3) is 0.143. The average molecular weight is 301 g/mol. The Morgan fingerprint density at radius 3 is 2.27 bits per heavy atom. The van der Waals surface area contributed by atoms with Gasteiger partial charge in [0.1, 0.15) is 5.56 Å². The van der Waals surface area contributed by atoms with E-state index in [9.17, 15) is 14.4 Å². The Morgan fingerprint density at radius 1 is 1.14 bits per heavy atom. The molecule has 112 valence electrons. The highest BCUT2D eigenvalue weighted by atomic mass is 16.7. The maximum Gasteiger partial charge on any atom is 0.371 e. The summed E-state index contributed by atoms with van der Waals surface area (Å²) < 4.78 is 6.31. The quantitative estimate of drug-likeness (QED) is 0.779. The lowest BCUT2D eigenvalue weighted by atomic mass is 10.1. The van der Waals surface area contributed by atoms with Gasteiger partial charge in [0, 0.05) is 13.2 Å². The minimum Gasteiger partial charge on any atom is -0.479 e. The fourth-order valence-electron chi connectivity index (χ4n) is 2.14. The number of carbonyl (C=O) groups excluding carboxylic acids is 3. The SMILES string of the molecule is COc1nn(C)cc1C(=O)ON1C(=O)c2ccccc2C1=O. The molecule has 1 aromatic heterocycles. The summed E-state index contributed by atoms with van der Waals surface area (Å²) in [4.78, 5) is 41.3. The molecule has 0 fully saturated rings. The van der Waals surface area contributed by atoms with E-state index in [1.54, 1.807) is 19.2 Å². The van der Waals surface area contributed by atoms with Crippen LogP contribution >= 0.6 is 0 Å². The van der Waals surface area contributed by atoms with Gasteiger partial charge < -0.3 is 9.57 Å². The second kappa shape index (κ2) is 4.99. The van der Waals surface area contributed by atoms with Gasteiger partial charge in [0.15, 0.2) is 0 Å². The first kappa shape index (κ1) is 13.8. The van der Waals surface area contributed by atoms with E-state index in [0.717, 1.165) is 0 Å². The molecular formula is C14H11N3O5. The van der Waals surface area contributed by atoms with Gasteiger partial charge in [-0.2, -0.15) is 0 Å². The number of benzene rings is 1. The number of rotatable bonds is 3. The van der Waals surface area contributed by atoms with Crippen molar-refractivity contribution in [3.63, 3.8) is 0 Å². The Balaban J connectivity index is 1.87. The minimum atomic E-state index is -0.903. The van der Waals surface area contributed by atoms with E-state index in [0.29, 0.717) is 5.06 Å². The number of hydrogen-bond acceptors (Lipinski definition) is 6. The molecule has 0 radical (unpaired) electrons. The van der Waals surface area contributed by atoms with Gasteiger partial charge in [-0.25, -0.2) is 4.79 Å². The van der Waals surface area contributed by atoms with Crippen molar-refractivity contribution < 1.29 is 24.0 Å². The van der Waals surface area contributed by atoms with Gasteiger partial charge in [0.2, 0.25) is 5.88 Å². The molecule has 0 atom stereocenters. The van der Waals surface area contributed by atoms with E-state index in [-0.39, 0.29) is 22.6 Å². The highest BCUT2D eigenvalue weighted by Crippen LogP contribution is 2.24. The zero-order chi connectivity index (χ0) is 15.9. The standard InChI is InChI=1S/C14H11N3O5/c1-16-7-10(11(15-16)21-2)14(20)22-17-12(18)8-5-3-4-6-9(8)13(17)19/h3-7H,1-2H3. The maximum absolute atomic E-state index is 12.1. The van der Waals surface area contributed by atoms with Gasteiger partial charge >= 0.3 is 5.97 Å². The molecule has 1 aliphatic rings. The van der Waals surface area contributed by atoms with Gasteiger partial charge in [-0.1, -0.05) is 17.2 Å². The third kappa shape index (κ3) is 2.01. The molecule has 2 aromatic rings. The monoisotopic (exact) mass is 301 g/mol. The molecule has 8 nitrogen and oxygen atoms in total. The first-order valence-corrected chi connectivity index (χ1v) is 6.30. The number of methoxy groups -OCH3 is 1. The first-order chi connectivity index (χ1) is 10.5. The lowest BCUT2D eigenvalue weighted by Gasteiger charge is -2.12. The van der Waals surface area contributed by atoms with Gasteiger partial charge in [-0.3, -0.25) is 14.3 Å². The van der Waals surface area contributed by atoms with Crippen molar-refractivity contribution >= 4 is 17.8 Å². The molecule has 1 aromatic carbocycles. The number of aryl methyl sites for hydroxylation is 1. The van der Waals surface area contributed by atoms with E-state index in [2.05, 4.69) is 5.10 Å². The summed E-state index contributed by atoms with van der Waals surface area (Å²) in [6.07, 6.45) is 1.37. The Bertz CT molecular complexity index is 761. The third-order valence-electron chi connectivity index (χ3n) is 3.14. The second-order valence-electron chi connectivity index (χ2n) is 4.55. The number of fused-ring (bicyclic) bond motifs is 1. The number of hydroxylamine groups is 2. The molecule has 0 bridgehead atoms. The molecule has 8 heteroatoms. The molecule has 2 amide bonds. The number of nitrogens with zero attached hydrogens (tertiary/aromatic N) is 3. The summed E-state index contributed by atoms with van der Waals surface area (Å²) in [5.74, 6) is -2.22. The summed E-state index contributed by atoms with van der Waals surface area (Å²) >= 11 is 0. The summed E-state index contributed by atoms with van der Waals surface area (Å²) in [5.41, 5.74) is 0.401. The van der Waals surface area contributed by atoms with Crippen molar-refractivity contribution in [3.05, 3.63) is 47.2 Å². The number of hydrogen-bond donors (Lipinski definition) is 0. The van der Waals surface area contributed by atoms with E-state index in [1.165, 1.54) is 30.1 Å². The zero-order valence-corrected chi connectivity index (χ0v) is 11.8. The van der Waals surface area contributed by atoms with Gasteiger partial charge in [-0.15, -0.1) is 5.10 Å². The van der Waals surface area contributed by atoms with Crippen LogP contribution in [0.2, 0.25) is 0 Å². The average Bonchev–Trinajstić information content (AvgIpc) is 3.01. The van der Waals surface area contributed by atoms with Gasteiger partial charge in [-0.05, 0) is 12.1 Å². The maximum atomic E-state index is 12.1. The number of imide groups is 1. The van der Waals surface area contributed by atoms with Crippen molar-refractivity contribution in [2.75, 3.05) is 7.11 Å². The zero-order valence-electron chi connectivity index (χ0n) is 11.8. The molecule has 22 heavy (non-hydrogen) atoms. The molecule has 1 aliphatic heterocycles. The fourth-order valence-corrected chi connectivity index (χ4v) is 2.14. The molecule has 0 unspecified atom stereocenters. The molecule has 0 spiro atoms. The van der Waals surface area contributed by atoms with Crippen molar-refractivity contribution in [3.8, 4) is 5.88 Å². The van der Waals surface area contributed by atoms with Crippen LogP contribution in [0.15, 0.2) is 30.5 Å².